The third-order valence-corrected chi connectivity index (χ3v) is 7.20. The predicted molar refractivity (Wildman–Crippen MR) is 113 cm³/mol. The number of allylic oxidation sites excluding steroid dienone is 1. The SMILES string of the molecule is C/C(=C1\SC(N2CCC3(CC2)OCc2ccccc23)=NC1=O)c1ccccc1. The molecule has 0 radical (unpaired) electrons. The smallest absolute Gasteiger partial charge is 0.286 e. The van der Waals surface area contributed by atoms with Crippen molar-refractivity contribution in [2.24, 2.45) is 4.99 Å². The van der Waals surface area contributed by atoms with Gasteiger partial charge in [0.15, 0.2) is 5.17 Å². The minimum absolute atomic E-state index is 0.121. The second kappa shape index (κ2) is 6.90. The lowest BCUT2D eigenvalue weighted by Gasteiger charge is -2.39. The molecule has 2 aromatic rings. The Morgan fingerprint density at radius 1 is 1.07 bits per heavy atom. The number of hydrogen-bond acceptors (Lipinski definition) is 4. The molecular formula is C23H22N2O2S. The van der Waals surface area contributed by atoms with E-state index in [-0.39, 0.29) is 11.5 Å². The highest BCUT2D eigenvalue weighted by atomic mass is 32.2. The van der Waals surface area contributed by atoms with E-state index in [0.29, 0.717) is 6.61 Å². The summed E-state index contributed by atoms with van der Waals surface area (Å²) in [7, 11) is 0. The summed E-state index contributed by atoms with van der Waals surface area (Å²) in [5, 5.41) is 0.830. The molecule has 1 fully saturated rings. The summed E-state index contributed by atoms with van der Waals surface area (Å²) in [6.07, 6.45) is 1.85. The number of rotatable bonds is 1. The maximum absolute atomic E-state index is 12.5. The van der Waals surface area contributed by atoms with Gasteiger partial charge in [0, 0.05) is 13.1 Å². The molecule has 0 aliphatic carbocycles. The van der Waals surface area contributed by atoms with E-state index in [0.717, 1.165) is 47.1 Å². The van der Waals surface area contributed by atoms with Crippen molar-refractivity contribution in [3.63, 3.8) is 0 Å². The lowest BCUT2D eigenvalue weighted by molar-refractivity contribution is -0.113. The van der Waals surface area contributed by atoms with Crippen molar-refractivity contribution in [1.29, 1.82) is 0 Å². The first-order valence-corrected chi connectivity index (χ1v) is 10.5. The van der Waals surface area contributed by atoms with Gasteiger partial charge in [0.05, 0.1) is 17.1 Å². The van der Waals surface area contributed by atoms with E-state index >= 15 is 0 Å². The maximum atomic E-state index is 12.5. The summed E-state index contributed by atoms with van der Waals surface area (Å²) in [5.74, 6) is -0.121. The van der Waals surface area contributed by atoms with Gasteiger partial charge in [0.1, 0.15) is 0 Å². The van der Waals surface area contributed by atoms with Crippen LogP contribution in [0.15, 0.2) is 64.5 Å². The van der Waals surface area contributed by atoms with Gasteiger partial charge < -0.3 is 9.64 Å². The summed E-state index contributed by atoms with van der Waals surface area (Å²) >= 11 is 1.51. The lowest BCUT2D eigenvalue weighted by atomic mass is 9.84. The number of nitrogens with zero attached hydrogens (tertiary/aromatic N) is 2. The number of amidine groups is 1. The van der Waals surface area contributed by atoms with Crippen LogP contribution in [0.2, 0.25) is 0 Å². The molecular weight excluding hydrogens is 368 g/mol. The third kappa shape index (κ3) is 2.90. The number of benzene rings is 2. The first kappa shape index (κ1) is 17.7. The quantitative estimate of drug-likeness (QED) is 0.669. The van der Waals surface area contributed by atoms with E-state index < -0.39 is 0 Å². The van der Waals surface area contributed by atoms with Gasteiger partial charge >= 0.3 is 0 Å². The first-order chi connectivity index (χ1) is 13.7. The van der Waals surface area contributed by atoms with E-state index in [1.807, 2.05) is 37.3 Å². The molecule has 0 atom stereocenters. The predicted octanol–water partition coefficient (Wildman–Crippen LogP) is 4.57. The molecule has 1 saturated heterocycles. The van der Waals surface area contributed by atoms with Gasteiger partial charge in [-0.25, -0.2) is 0 Å². The van der Waals surface area contributed by atoms with Crippen LogP contribution in [0.1, 0.15) is 36.5 Å². The molecule has 4 nitrogen and oxygen atoms in total. The monoisotopic (exact) mass is 390 g/mol. The number of hydrogen-bond donors (Lipinski definition) is 0. The van der Waals surface area contributed by atoms with Gasteiger partial charge in [-0.2, -0.15) is 4.99 Å². The van der Waals surface area contributed by atoms with Crippen molar-refractivity contribution in [2.45, 2.75) is 32.0 Å². The number of fused-ring (bicyclic) bond motifs is 2. The highest BCUT2D eigenvalue weighted by molar-refractivity contribution is 8.18. The fourth-order valence-electron chi connectivity index (χ4n) is 4.34. The second-order valence-corrected chi connectivity index (χ2v) is 8.53. The molecule has 142 valence electrons. The Bertz CT molecular complexity index is 989. The molecule has 5 rings (SSSR count). The molecule has 1 spiro atoms. The Labute approximate surface area is 169 Å². The number of amides is 1. The van der Waals surface area contributed by atoms with Crippen LogP contribution in [0.4, 0.5) is 0 Å². The van der Waals surface area contributed by atoms with Crippen molar-refractivity contribution >= 4 is 28.4 Å². The fourth-order valence-corrected chi connectivity index (χ4v) is 5.37. The minimum Gasteiger partial charge on any atom is -0.365 e. The number of aliphatic imine (C=N–C) groups is 1. The first-order valence-electron chi connectivity index (χ1n) is 9.71. The highest BCUT2D eigenvalue weighted by Crippen LogP contribution is 2.45. The molecule has 5 heteroatoms. The van der Waals surface area contributed by atoms with Crippen molar-refractivity contribution < 1.29 is 9.53 Å². The second-order valence-electron chi connectivity index (χ2n) is 7.55. The summed E-state index contributed by atoms with van der Waals surface area (Å²) in [6, 6.07) is 18.6. The minimum atomic E-state index is -0.167. The van der Waals surface area contributed by atoms with Crippen LogP contribution in [0.25, 0.3) is 5.57 Å². The van der Waals surface area contributed by atoms with Crippen LogP contribution in [-0.4, -0.2) is 29.1 Å². The molecule has 0 unspecified atom stereocenters. The van der Waals surface area contributed by atoms with Crippen LogP contribution >= 0.6 is 11.8 Å². The van der Waals surface area contributed by atoms with E-state index in [1.165, 1.54) is 22.9 Å². The van der Waals surface area contributed by atoms with Gasteiger partial charge in [-0.15, -0.1) is 0 Å². The van der Waals surface area contributed by atoms with Crippen molar-refractivity contribution in [1.82, 2.24) is 4.90 Å². The Balaban J connectivity index is 1.32. The van der Waals surface area contributed by atoms with Crippen molar-refractivity contribution in [3.05, 3.63) is 76.2 Å². The number of piperidine rings is 1. The molecule has 0 bridgehead atoms. The van der Waals surface area contributed by atoms with E-state index in [9.17, 15) is 4.79 Å². The molecule has 2 aromatic carbocycles. The molecule has 0 saturated carbocycles. The highest BCUT2D eigenvalue weighted by Gasteiger charge is 2.43. The van der Waals surface area contributed by atoms with Gasteiger partial charge in [0.2, 0.25) is 0 Å². The van der Waals surface area contributed by atoms with Crippen LogP contribution < -0.4 is 0 Å². The average Bonchev–Trinajstić information content (AvgIpc) is 3.30. The third-order valence-electron chi connectivity index (χ3n) is 5.99. The standard InChI is InChI=1S/C23H22N2O2S/c1-16(17-7-3-2-4-8-17)20-21(26)24-22(28-20)25-13-11-23(12-14-25)19-10-6-5-9-18(19)15-27-23/h2-10H,11-15H2,1H3/b20-16+. The number of thioether (sulfide) groups is 1. The Morgan fingerprint density at radius 2 is 1.79 bits per heavy atom. The zero-order valence-corrected chi connectivity index (χ0v) is 16.7. The molecule has 3 heterocycles. The van der Waals surface area contributed by atoms with E-state index in [1.54, 1.807) is 0 Å². The molecule has 3 aliphatic rings. The zero-order chi connectivity index (χ0) is 19.1. The van der Waals surface area contributed by atoms with E-state index in [2.05, 4.69) is 34.2 Å². The topological polar surface area (TPSA) is 41.9 Å². The fraction of sp³-hybridized carbons (Fsp3) is 0.304. The van der Waals surface area contributed by atoms with Gasteiger partial charge in [0.25, 0.3) is 5.91 Å². The maximum Gasteiger partial charge on any atom is 0.286 e. The molecule has 3 aliphatic heterocycles. The van der Waals surface area contributed by atoms with Crippen LogP contribution in [0.5, 0.6) is 0 Å². The Kier molecular flexibility index (Phi) is 4.37. The van der Waals surface area contributed by atoms with E-state index in [4.69, 9.17) is 4.74 Å². The molecule has 0 N–H and O–H groups in total. The van der Waals surface area contributed by atoms with Crippen LogP contribution in [0, 0.1) is 0 Å². The van der Waals surface area contributed by atoms with Crippen molar-refractivity contribution in [3.8, 4) is 0 Å². The lowest BCUT2D eigenvalue weighted by Crippen LogP contribution is -2.44. The molecule has 28 heavy (non-hydrogen) atoms. The van der Waals surface area contributed by atoms with Crippen LogP contribution in [-0.2, 0) is 21.7 Å². The summed E-state index contributed by atoms with van der Waals surface area (Å²) in [4.78, 5) is 19.9. The molecule has 0 aromatic heterocycles. The normalized spacial score (nSPS) is 22.4. The largest absolute Gasteiger partial charge is 0.365 e. The van der Waals surface area contributed by atoms with Crippen LogP contribution in [0.3, 0.4) is 0 Å². The van der Waals surface area contributed by atoms with Crippen molar-refractivity contribution in [2.75, 3.05) is 13.1 Å². The average molecular weight is 391 g/mol. The molecule has 1 amide bonds. The number of likely N-dealkylation sites (tertiary alicyclic amines) is 1. The number of carbonyl (C=O) groups is 1. The zero-order valence-electron chi connectivity index (χ0n) is 15.9. The number of ether oxygens (including phenoxy) is 1. The Hall–Kier alpha value is -2.37. The summed E-state index contributed by atoms with van der Waals surface area (Å²) in [5.41, 5.74) is 4.55. The Morgan fingerprint density at radius 3 is 2.57 bits per heavy atom. The number of carbonyl (C=O) groups excluding carboxylic acids is 1. The summed E-state index contributed by atoms with van der Waals surface area (Å²) in [6.45, 7) is 4.41. The van der Waals surface area contributed by atoms with Gasteiger partial charge in [-0.1, -0.05) is 54.6 Å². The summed E-state index contributed by atoms with van der Waals surface area (Å²) < 4.78 is 6.25. The van der Waals surface area contributed by atoms with Gasteiger partial charge in [-0.05, 0) is 53.8 Å². The van der Waals surface area contributed by atoms with Gasteiger partial charge in [-0.3, -0.25) is 4.79 Å².